The van der Waals surface area contributed by atoms with Crippen molar-refractivity contribution in [1.29, 1.82) is 0 Å². The standard InChI is InChI=1S/C20H27N3O3/c1-5-15-19(14-8-7-13(25-4)9-12(14)3)21-16(6-2)20(22-15)23-17-10-26-11-18(17)24/h7-9,17-18,24H,5-6,10-11H2,1-4H3,(H,22,23)/t17-,18-/m0/s1. The first-order valence-electron chi connectivity index (χ1n) is 9.14. The highest BCUT2D eigenvalue weighted by molar-refractivity contribution is 5.68. The molecule has 26 heavy (non-hydrogen) atoms. The van der Waals surface area contributed by atoms with E-state index in [2.05, 4.69) is 26.1 Å². The number of aromatic nitrogens is 2. The molecule has 0 bridgehead atoms. The summed E-state index contributed by atoms with van der Waals surface area (Å²) in [7, 11) is 1.67. The van der Waals surface area contributed by atoms with Gasteiger partial charge in [-0.05, 0) is 43.5 Å². The molecule has 6 heteroatoms. The molecule has 6 nitrogen and oxygen atoms in total. The molecular formula is C20H27N3O3. The first-order chi connectivity index (χ1) is 12.6. The van der Waals surface area contributed by atoms with Gasteiger partial charge in [0.1, 0.15) is 11.6 Å². The van der Waals surface area contributed by atoms with Crippen molar-refractivity contribution >= 4 is 5.82 Å². The zero-order valence-corrected chi connectivity index (χ0v) is 15.9. The number of aliphatic hydroxyl groups is 1. The van der Waals surface area contributed by atoms with Gasteiger partial charge in [-0.1, -0.05) is 13.8 Å². The molecule has 0 amide bonds. The van der Waals surface area contributed by atoms with Gasteiger partial charge in [0.25, 0.3) is 0 Å². The van der Waals surface area contributed by atoms with E-state index in [1.54, 1.807) is 7.11 Å². The highest BCUT2D eigenvalue weighted by atomic mass is 16.5. The first-order valence-corrected chi connectivity index (χ1v) is 9.14. The molecule has 1 saturated heterocycles. The van der Waals surface area contributed by atoms with Crippen LogP contribution in [0.5, 0.6) is 5.75 Å². The number of nitrogens with one attached hydrogen (secondary N) is 1. The number of nitrogens with zero attached hydrogens (tertiary/aromatic N) is 2. The Bertz CT molecular complexity index is 779. The van der Waals surface area contributed by atoms with Crippen LogP contribution in [-0.4, -0.2) is 47.5 Å². The minimum absolute atomic E-state index is 0.145. The topological polar surface area (TPSA) is 76.5 Å². The molecular weight excluding hydrogens is 330 g/mol. The van der Waals surface area contributed by atoms with Gasteiger partial charge in [-0.3, -0.25) is 0 Å². The van der Waals surface area contributed by atoms with E-state index in [0.717, 1.165) is 52.6 Å². The lowest BCUT2D eigenvalue weighted by Gasteiger charge is -2.20. The van der Waals surface area contributed by atoms with Crippen LogP contribution in [-0.2, 0) is 17.6 Å². The number of methoxy groups -OCH3 is 1. The quantitative estimate of drug-likeness (QED) is 0.828. The fraction of sp³-hybridized carbons (Fsp3) is 0.500. The summed E-state index contributed by atoms with van der Waals surface area (Å²) in [4.78, 5) is 9.78. The van der Waals surface area contributed by atoms with Crippen LogP contribution in [0.25, 0.3) is 11.3 Å². The molecule has 0 saturated carbocycles. The Morgan fingerprint density at radius 1 is 1.19 bits per heavy atom. The number of hydrogen-bond donors (Lipinski definition) is 2. The molecule has 2 N–H and O–H groups in total. The molecule has 2 atom stereocenters. The third kappa shape index (κ3) is 3.66. The van der Waals surface area contributed by atoms with Crippen LogP contribution < -0.4 is 10.1 Å². The summed E-state index contributed by atoms with van der Waals surface area (Å²) in [5, 5.41) is 13.3. The van der Waals surface area contributed by atoms with Crippen LogP contribution in [0, 0.1) is 6.92 Å². The molecule has 0 spiro atoms. The molecule has 0 aliphatic carbocycles. The lowest BCUT2D eigenvalue weighted by atomic mass is 10.0. The lowest BCUT2D eigenvalue weighted by molar-refractivity contribution is 0.125. The van der Waals surface area contributed by atoms with E-state index in [0.29, 0.717) is 13.2 Å². The number of rotatable bonds is 6. The molecule has 0 unspecified atom stereocenters. The minimum Gasteiger partial charge on any atom is -0.497 e. The van der Waals surface area contributed by atoms with Gasteiger partial charge in [0.05, 0.1) is 49.6 Å². The smallest absolute Gasteiger partial charge is 0.148 e. The van der Waals surface area contributed by atoms with Crippen molar-refractivity contribution in [1.82, 2.24) is 9.97 Å². The monoisotopic (exact) mass is 357 g/mol. The van der Waals surface area contributed by atoms with Crippen LogP contribution in [0.2, 0.25) is 0 Å². The zero-order chi connectivity index (χ0) is 18.7. The Hall–Kier alpha value is -2.18. The van der Waals surface area contributed by atoms with Gasteiger partial charge in [0, 0.05) is 5.56 Å². The molecule has 2 heterocycles. The van der Waals surface area contributed by atoms with Gasteiger partial charge < -0.3 is 19.9 Å². The summed E-state index contributed by atoms with van der Waals surface area (Å²) in [6, 6.07) is 5.86. The van der Waals surface area contributed by atoms with Crippen molar-refractivity contribution in [2.45, 2.75) is 45.8 Å². The van der Waals surface area contributed by atoms with Crippen LogP contribution >= 0.6 is 0 Å². The average Bonchev–Trinajstić information content (AvgIpc) is 3.06. The van der Waals surface area contributed by atoms with Crippen molar-refractivity contribution in [3.63, 3.8) is 0 Å². The highest BCUT2D eigenvalue weighted by Crippen LogP contribution is 2.30. The predicted molar refractivity (Wildman–Crippen MR) is 102 cm³/mol. The van der Waals surface area contributed by atoms with Crippen LogP contribution in [0.15, 0.2) is 18.2 Å². The van der Waals surface area contributed by atoms with E-state index >= 15 is 0 Å². The van der Waals surface area contributed by atoms with E-state index in [1.807, 2.05) is 18.2 Å². The summed E-state index contributed by atoms with van der Waals surface area (Å²) in [5.41, 5.74) is 4.92. The molecule has 1 aromatic heterocycles. The summed E-state index contributed by atoms with van der Waals surface area (Å²) < 4.78 is 10.6. The molecule has 1 aliphatic rings. The Balaban J connectivity index is 2.01. The maximum absolute atomic E-state index is 10.0. The molecule has 140 valence electrons. The predicted octanol–water partition coefficient (Wildman–Crippen LogP) is 2.76. The first kappa shape index (κ1) is 18.6. The van der Waals surface area contributed by atoms with Crippen LogP contribution in [0.3, 0.4) is 0 Å². The normalized spacial score (nSPS) is 19.6. The molecule has 0 radical (unpaired) electrons. The maximum Gasteiger partial charge on any atom is 0.148 e. The summed E-state index contributed by atoms with van der Waals surface area (Å²) in [6.07, 6.45) is 1.01. The van der Waals surface area contributed by atoms with Crippen molar-refractivity contribution in [3.05, 3.63) is 35.2 Å². The maximum atomic E-state index is 10.0. The molecule has 1 aromatic carbocycles. The van der Waals surface area contributed by atoms with E-state index < -0.39 is 6.10 Å². The number of aliphatic hydroxyl groups excluding tert-OH is 1. The third-order valence-corrected chi connectivity index (χ3v) is 4.77. The number of benzene rings is 1. The second-order valence-electron chi connectivity index (χ2n) is 6.56. The number of aryl methyl sites for hydroxylation is 3. The second-order valence-corrected chi connectivity index (χ2v) is 6.56. The van der Waals surface area contributed by atoms with Gasteiger partial charge >= 0.3 is 0 Å². The SMILES string of the molecule is CCc1nc(-c2ccc(OC)cc2C)c(CC)nc1N[C@H]1COC[C@@H]1O. The Morgan fingerprint density at radius 3 is 2.54 bits per heavy atom. The largest absolute Gasteiger partial charge is 0.497 e. The highest BCUT2D eigenvalue weighted by Gasteiger charge is 2.27. The van der Waals surface area contributed by atoms with Gasteiger partial charge in [0.15, 0.2) is 0 Å². The molecule has 2 aromatic rings. The third-order valence-electron chi connectivity index (χ3n) is 4.77. The number of anilines is 1. The average molecular weight is 357 g/mol. The summed E-state index contributed by atoms with van der Waals surface area (Å²) in [6.45, 7) is 7.04. The Labute approximate surface area is 154 Å². The van der Waals surface area contributed by atoms with E-state index in [1.165, 1.54) is 0 Å². The van der Waals surface area contributed by atoms with Gasteiger partial charge in [-0.25, -0.2) is 9.97 Å². The Kier molecular flexibility index (Phi) is 5.74. The fourth-order valence-corrected chi connectivity index (χ4v) is 3.21. The van der Waals surface area contributed by atoms with Crippen molar-refractivity contribution in [3.8, 4) is 17.0 Å². The van der Waals surface area contributed by atoms with Crippen molar-refractivity contribution in [2.24, 2.45) is 0 Å². The number of hydrogen-bond acceptors (Lipinski definition) is 6. The van der Waals surface area contributed by atoms with E-state index in [4.69, 9.17) is 19.4 Å². The van der Waals surface area contributed by atoms with E-state index in [9.17, 15) is 5.11 Å². The lowest BCUT2D eigenvalue weighted by Crippen LogP contribution is -2.33. The van der Waals surface area contributed by atoms with Gasteiger partial charge in [0.2, 0.25) is 0 Å². The van der Waals surface area contributed by atoms with Crippen molar-refractivity contribution < 1.29 is 14.6 Å². The molecule has 1 aliphatic heterocycles. The van der Waals surface area contributed by atoms with E-state index in [-0.39, 0.29) is 6.04 Å². The van der Waals surface area contributed by atoms with Crippen LogP contribution in [0.4, 0.5) is 5.82 Å². The second kappa shape index (κ2) is 8.01. The molecule has 3 rings (SSSR count). The summed E-state index contributed by atoms with van der Waals surface area (Å²) >= 11 is 0. The van der Waals surface area contributed by atoms with Crippen LogP contribution in [0.1, 0.15) is 30.8 Å². The zero-order valence-electron chi connectivity index (χ0n) is 15.9. The van der Waals surface area contributed by atoms with Crippen molar-refractivity contribution in [2.75, 3.05) is 25.6 Å². The number of ether oxygens (including phenoxy) is 2. The van der Waals surface area contributed by atoms with Gasteiger partial charge in [-0.2, -0.15) is 0 Å². The summed E-state index contributed by atoms with van der Waals surface area (Å²) in [5.74, 6) is 1.58. The molecule has 1 fully saturated rings. The minimum atomic E-state index is -0.518. The fourth-order valence-electron chi connectivity index (χ4n) is 3.21. The van der Waals surface area contributed by atoms with Gasteiger partial charge in [-0.15, -0.1) is 0 Å². The Morgan fingerprint density at radius 2 is 1.96 bits per heavy atom.